The maximum Gasteiger partial charge on any atom is 0.408 e. The van der Waals surface area contributed by atoms with Crippen molar-refractivity contribution in [3.8, 4) is 0 Å². The summed E-state index contributed by atoms with van der Waals surface area (Å²) < 4.78 is 73.5. The number of nitrogens with one attached hydrogen (secondary N) is 5. The number of nitrogens with zero attached hydrogens (tertiary/aromatic N) is 5. The first kappa shape index (κ1) is 51.0. The molecule has 24 heteroatoms. The van der Waals surface area contributed by atoms with Crippen molar-refractivity contribution < 1.29 is 51.0 Å². The van der Waals surface area contributed by atoms with E-state index >= 15 is 0 Å². The van der Waals surface area contributed by atoms with Crippen molar-refractivity contribution in [1.29, 1.82) is 0 Å². The van der Waals surface area contributed by atoms with Crippen LogP contribution in [0, 0.1) is 23.3 Å². The number of aromatic nitrogens is 6. The Hall–Kier alpha value is -6.88. The highest BCUT2D eigenvalue weighted by molar-refractivity contribution is 6.76. The minimum Gasteiger partial charge on any atom is -0.441 e. The fourth-order valence-electron chi connectivity index (χ4n) is 7.62. The lowest BCUT2D eigenvalue weighted by molar-refractivity contribution is 0.0774. The van der Waals surface area contributed by atoms with Crippen LogP contribution in [0.2, 0.25) is 35.7 Å². The molecule has 0 spiro atoms. The number of rotatable bonds is 15. The third-order valence-corrected chi connectivity index (χ3v) is 13.3. The van der Waals surface area contributed by atoms with Crippen LogP contribution in [0.25, 0.3) is 0 Å². The van der Waals surface area contributed by atoms with Crippen molar-refractivity contribution in [2.45, 2.75) is 83.4 Å². The van der Waals surface area contributed by atoms with E-state index in [9.17, 15) is 36.7 Å². The van der Waals surface area contributed by atoms with Gasteiger partial charge in [-0.05, 0) is 104 Å². The second-order valence-corrected chi connectivity index (χ2v) is 23.7. The van der Waals surface area contributed by atoms with Gasteiger partial charge in [0.1, 0.15) is 42.7 Å². The molecule has 2 heterocycles. The van der Waals surface area contributed by atoms with Crippen molar-refractivity contribution in [2.24, 2.45) is 0 Å². The topological polar surface area (TPSA) is 216 Å². The number of ether oxygens (including phenoxy) is 3. The summed E-state index contributed by atoms with van der Waals surface area (Å²) in [5.41, 5.74) is 2.57. The molecule has 0 radical (unpaired) electrons. The number of carbonyl (C=O) groups is 4. The summed E-state index contributed by atoms with van der Waals surface area (Å²) in [6.45, 7) is 7.43. The maximum atomic E-state index is 14.8. The van der Waals surface area contributed by atoms with E-state index < -0.39 is 67.4 Å². The van der Waals surface area contributed by atoms with Crippen molar-refractivity contribution in [1.82, 2.24) is 40.6 Å². The standard InChI is InChI=1S/C26H30ClF2N5O4Si.C20H16ClF2N5O3/c1-39(2,3)11-10-37-15-34-14-30-23(33-34)13-38-26(36)32-22-9-6-17-18(5-8-21(29)24(17)22)25(35)31-16-4-7-20(28)19(27)12-16;21-13-7-10(1-4-14(13)22)26-19(29)12-2-5-15(23)18-11(12)3-6-16(18)27-20(30)31-8-17-24-9-25-28-17/h4-5,7-8,12,14,22H,6,9-11,13,15H2,1-3H3,(H,31,35)(H,32,36);1-2,4-5,7,9,16H,3,6,8H2,(H,26,29)(H,27,30)(H,24,25,28)/t22-;16-/m00/s1. The van der Waals surface area contributed by atoms with Gasteiger partial charge in [0.15, 0.2) is 24.9 Å². The van der Waals surface area contributed by atoms with Crippen LogP contribution in [0.1, 0.15) is 79.5 Å². The van der Waals surface area contributed by atoms with Gasteiger partial charge in [-0.1, -0.05) is 42.8 Å². The molecule has 4 amide bonds. The van der Waals surface area contributed by atoms with E-state index in [-0.39, 0.29) is 52.2 Å². The van der Waals surface area contributed by atoms with E-state index in [2.05, 4.69) is 66.2 Å². The minimum absolute atomic E-state index is 0.115. The zero-order valence-corrected chi connectivity index (χ0v) is 40.3. The van der Waals surface area contributed by atoms with Gasteiger partial charge in [-0.25, -0.2) is 41.8 Å². The van der Waals surface area contributed by atoms with Gasteiger partial charge in [-0.15, -0.1) is 0 Å². The van der Waals surface area contributed by atoms with Gasteiger partial charge in [0.2, 0.25) is 0 Å². The number of benzene rings is 4. The van der Waals surface area contributed by atoms with Crippen molar-refractivity contribution in [2.75, 3.05) is 17.2 Å². The van der Waals surface area contributed by atoms with E-state index in [0.29, 0.717) is 66.4 Å². The lowest BCUT2D eigenvalue weighted by atomic mass is 10.0. The first-order valence-corrected chi connectivity index (χ1v) is 26.2. The smallest absolute Gasteiger partial charge is 0.408 e. The number of amides is 4. The molecule has 2 aromatic heterocycles. The summed E-state index contributed by atoms with van der Waals surface area (Å²) in [4.78, 5) is 58.2. The normalized spacial score (nSPS) is 14.7. The predicted octanol–water partition coefficient (Wildman–Crippen LogP) is 9.59. The second kappa shape index (κ2) is 22.7. The number of fused-ring (bicyclic) bond motifs is 2. The Labute approximate surface area is 409 Å². The zero-order valence-electron chi connectivity index (χ0n) is 37.8. The number of carbonyl (C=O) groups excluding carboxylic acids is 4. The lowest BCUT2D eigenvalue weighted by Gasteiger charge is -2.16. The number of aromatic amines is 1. The average Bonchev–Trinajstić information content (AvgIpc) is 4.16. The van der Waals surface area contributed by atoms with Crippen molar-refractivity contribution >= 4 is 66.7 Å². The molecule has 0 aliphatic heterocycles. The zero-order chi connectivity index (χ0) is 50.1. The van der Waals surface area contributed by atoms with Gasteiger partial charge in [-0.2, -0.15) is 10.2 Å². The van der Waals surface area contributed by atoms with Gasteiger partial charge in [-0.3, -0.25) is 14.7 Å². The minimum atomic E-state index is -1.18. The number of anilines is 2. The summed E-state index contributed by atoms with van der Waals surface area (Å²) in [5.74, 6) is -2.60. The molecule has 2 aliphatic rings. The third-order valence-electron chi connectivity index (χ3n) is 11.0. The third kappa shape index (κ3) is 13.2. The number of H-pyrrole nitrogens is 1. The molecule has 0 fully saturated rings. The Morgan fingerprint density at radius 2 is 1.24 bits per heavy atom. The summed E-state index contributed by atoms with van der Waals surface area (Å²) >= 11 is 11.5. The molecule has 2 atom stereocenters. The van der Waals surface area contributed by atoms with Crippen LogP contribution < -0.4 is 21.3 Å². The number of halogens is 6. The molecule has 4 aromatic carbocycles. The summed E-state index contributed by atoms with van der Waals surface area (Å²) in [5, 5.41) is 20.7. The Balaban J connectivity index is 0.000000212. The quantitative estimate of drug-likeness (QED) is 0.0371. The first-order valence-electron chi connectivity index (χ1n) is 21.7. The van der Waals surface area contributed by atoms with Gasteiger partial charge in [0.05, 0.1) is 22.1 Å². The highest BCUT2D eigenvalue weighted by Gasteiger charge is 2.33. The van der Waals surface area contributed by atoms with Crippen LogP contribution in [0.3, 0.4) is 0 Å². The second-order valence-electron chi connectivity index (χ2n) is 17.2. The van der Waals surface area contributed by atoms with Gasteiger partial charge in [0.25, 0.3) is 11.8 Å². The van der Waals surface area contributed by atoms with Crippen LogP contribution in [0.5, 0.6) is 0 Å². The van der Waals surface area contributed by atoms with Gasteiger partial charge >= 0.3 is 12.2 Å². The molecular formula is C46H46Cl2F4N10O7Si. The largest absolute Gasteiger partial charge is 0.441 e. The molecule has 0 bridgehead atoms. The molecule has 8 rings (SSSR count). The van der Waals surface area contributed by atoms with E-state index in [0.717, 1.165) is 18.2 Å². The van der Waals surface area contributed by atoms with Crippen LogP contribution >= 0.6 is 23.2 Å². The monoisotopic (exact) mass is 1020 g/mol. The summed E-state index contributed by atoms with van der Waals surface area (Å²) in [6.07, 6.45) is 2.81. The van der Waals surface area contributed by atoms with Crippen LogP contribution in [-0.4, -0.2) is 68.6 Å². The summed E-state index contributed by atoms with van der Waals surface area (Å²) in [6, 6.07) is 12.4. The molecule has 0 saturated carbocycles. The molecule has 6 aromatic rings. The van der Waals surface area contributed by atoms with Crippen molar-refractivity contribution in [3.05, 3.63) is 152 Å². The Morgan fingerprint density at radius 3 is 1.73 bits per heavy atom. The first-order chi connectivity index (χ1) is 33.4. The molecule has 70 heavy (non-hydrogen) atoms. The fourth-order valence-corrected chi connectivity index (χ4v) is 8.74. The SMILES string of the molecule is C[Si](C)(C)CCOCn1cnc(COC(=O)N[C@H]2CCc3c(C(=O)Nc4ccc(F)c(Cl)c4)ccc(F)c32)n1.O=C(N[C@H]1CCc2c(C(=O)Nc3ccc(F)c(Cl)c3)ccc(F)c21)OCc1ncn[nH]1. The molecule has 0 saturated heterocycles. The van der Waals surface area contributed by atoms with Crippen LogP contribution in [0.15, 0.2) is 73.3 Å². The number of hydrogen-bond donors (Lipinski definition) is 5. The molecule has 5 N–H and O–H groups in total. The highest BCUT2D eigenvalue weighted by atomic mass is 35.5. The summed E-state index contributed by atoms with van der Waals surface area (Å²) in [7, 11) is -1.18. The van der Waals surface area contributed by atoms with E-state index in [1.165, 1.54) is 65.9 Å². The number of hydrogen-bond acceptors (Lipinski definition) is 11. The lowest BCUT2D eigenvalue weighted by Crippen LogP contribution is -2.28. The average molecular weight is 1030 g/mol. The highest BCUT2D eigenvalue weighted by Crippen LogP contribution is 2.37. The molecule has 17 nitrogen and oxygen atoms in total. The molecule has 2 aliphatic carbocycles. The van der Waals surface area contributed by atoms with Gasteiger partial charge in [0, 0.05) is 48.3 Å². The van der Waals surface area contributed by atoms with E-state index in [1.807, 2.05) is 0 Å². The van der Waals surface area contributed by atoms with Crippen molar-refractivity contribution in [3.63, 3.8) is 0 Å². The molecule has 0 unspecified atom stereocenters. The van der Waals surface area contributed by atoms with Crippen LogP contribution in [0.4, 0.5) is 38.5 Å². The Bertz CT molecular complexity index is 2890. The Kier molecular flexibility index (Phi) is 16.5. The molecular weight excluding hydrogens is 980 g/mol. The number of alkyl carbamates (subject to hydrolysis) is 2. The maximum absolute atomic E-state index is 14.8. The van der Waals surface area contributed by atoms with Crippen LogP contribution in [-0.2, 0) is 47.0 Å². The van der Waals surface area contributed by atoms with Gasteiger partial charge < -0.3 is 35.5 Å². The predicted molar refractivity (Wildman–Crippen MR) is 251 cm³/mol. The Morgan fingerprint density at radius 1 is 0.729 bits per heavy atom. The fraction of sp³-hybridized carbons (Fsp3) is 0.304. The van der Waals surface area contributed by atoms with E-state index in [4.69, 9.17) is 37.4 Å². The molecule has 368 valence electrons. The van der Waals surface area contributed by atoms with E-state index in [1.54, 1.807) is 0 Å².